The van der Waals surface area contributed by atoms with Gasteiger partial charge in [-0.2, -0.15) is 0 Å². The lowest BCUT2D eigenvalue weighted by atomic mass is 10.2. The Bertz CT molecular complexity index is 892. The van der Waals surface area contributed by atoms with E-state index in [2.05, 4.69) is 0 Å². The summed E-state index contributed by atoms with van der Waals surface area (Å²) < 4.78 is 52.5. The molecule has 0 fully saturated rings. The fraction of sp³-hybridized carbons (Fsp3) is 0.333. The molecule has 9 heteroatoms. The molecule has 0 amide bonds. The largest absolute Gasteiger partial charge is 0.465 e. The highest BCUT2D eigenvalue weighted by Crippen LogP contribution is 2.45. The third-order valence-electron chi connectivity index (χ3n) is 3.71. The second-order valence-electron chi connectivity index (χ2n) is 5.75. The molecule has 148 valence electrons. The van der Waals surface area contributed by atoms with Gasteiger partial charge in [-0.25, -0.2) is 8.42 Å². The van der Waals surface area contributed by atoms with Gasteiger partial charge in [0.25, 0.3) is 0 Å². The van der Waals surface area contributed by atoms with Crippen LogP contribution in [-0.2, 0) is 29.8 Å². The molecule has 1 N–H and O–H groups in total. The zero-order chi connectivity index (χ0) is 20.1. The van der Waals surface area contributed by atoms with E-state index in [1.807, 2.05) is 0 Å². The van der Waals surface area contributed by atoms with Crippen molar-refractivity contribution in [2.45, 2.75) is 36.1 Å². The first kappa shape index (κ1) is 21.6. The number of ether oxygens (including phenoxy) is 2. The SMILES string of the molecule is CCOP(=O)(O)Cc1ccc(S(=O)(=O)c2ccc(OC(C)OC)cc2)cc1. The van der Waals surface area contributed by atoms with Crippen molar-refractivity contribution in [3.05, 3.63) is 54.1 Å². The molecule has 0 radical (unpaired) electrons. The number of sulfone groups is 1. The third-order valence-corrected chi connectivity index (χ3v) is 6.93. The Morgan fingerprint density at radius 2 is 1.56 bits per heavy atom. The number of rotatable bonds is 9. The zero-order valence-corrected chi connectivity index (χ0v) is 17.1. The first-order valence-corrected chi connectivity index (χ1v) is 11.5. The first-order valence-electron chi connectivity index (χ1n) is 8.28. The molecule has 27 heavy (non-hydrogen) atoms. The molecule has 7 nitrogen and oxygen atoms in total. The van der Waals surface area contributed by atoms with Crippen LogP contribution in [0, 0.1) is 0 Å². The van der Waals surface area contributed by atoms with Crippen LogP contribution < -0.4 is 4.74 Å². The van der Waals surface area contributed by atoms with E-state index in [0.717, 1.165) is 0 Å². The van der Waals surface area contributed by atoms with Gasteiger partial charge in [-0.15, -0.1) is 0 Å². The Hall–Kier alpha value is -1.70. The molecule has 0 saturated carbocycles. The summed E-state index contributed by atoms with van der Waals surface area (Å²) in [6.07, 6.45) is -0.621. The van der Waals surface area contributed by atoms with Crippen molar-refractivity contribution in [2.75, 3.05) is 13.7 Å². The number of benzene rings is 2. The number of methoxy groups -OCH3 is 1. The molecule has 0 aromatic heterocycles. The molecule has 0 aliphatic heterocycles. The standard InChI is InChI=1S/C18H23O7PS/c1-4-24-26(19,20)13-15-5-9-17(10-6-15)27(21,22)18-11-7-16(8-12-18)25-14(2)23-3/h5-12,14H,4,13H2,1-3H3,(H,19,20). The molecule has 0 heterocycles. The lowest BCUT2D eigenvalue weighted by Gasteiger charge is -2.13. The van der Waals surface area contributed by atoms with E-state index >= 15 is 0 Å². The van der Waals surface area contributed by atoms with E-state index in [9.17, 15) is 17.9 Å². The van der Waals surface area contributed by atoms with Crippen molar-refractivity contribution < 1.29 is 31.9 Å². The van der Waals surface area contributed by atoms with Crippen LogP contribution in [-0.4, -0.2) is 33.3 Å². The molecule has 0 saturated heterocycles. The Kier molecular flexibility index (Phi) is 7.19. The number of hydrogen-bond acceptors (Lipinski definition) is 6. The van der Waals surface area contributed by atoms with Gasteiger partial charge >= 0.3 is 7.60 Å². The third kappa shape index (κ3) is 5.89. The van der Waals surface area contributed by atoms with Gasteiger partial charge in [0, 0.05) is 7.11 Å². The first-order chi connectivity index (χ1) is 12.7. The minimum atomic E-state index is -3.72. The molecule has 0 spiro atoms. The topological polar surface area (TPSA) is 99.1 Å². The Morgan fingerprint density at radius 1 is 1.04 bits per heavy atom. The van der Waals surface area contributed by atoms with Crippen LogP contribution >= 0.6 is 7.60 Å². The van der Waals surface area contributed by atoms with Gasteiger partial charge in [-0.1, -0.05) is 12.1 Å². The molecular weight excluding hydrogens is 391 g/mol. The smallest absolute Gasteiger partial charge is 0.332 e. The van der Waals surface area contributed by atoms with Gasteiger partial charge in [-0.05, 0) is 55.8 Å². The highest BCUT2D eigenvalue weighted by atomic mass is 32.2. The summed E-state index contributed by atoms with van der Waals surface area (Å²) in [5.41, 5.74) is 0.519. The van der Waals surface area contributed by atoms with Crippen LogP contribution in [0.25, 0.3) is 0 Å². The van der Waals surface area contributed by atoms with Gasteiger partial charge in [0.05, 0.1) is 22.6 Å². The second-order valence-corrected chi connectivity index (χ2v) is 9.55. The van der Waals surface area contributed by atoms with Gasteiger partial charge in [0.2, 0.25) is 9.84 Å². The summed E-state index contributed by atoms with van der Waals surface area (Å²) in [5, 5.41) is 0. The molecule has 2 aromatic rings. The van der Waals surface area contributed by atoms with Crippen LogP contribution in [0.5, 0.6) is 5.75 Å². The van der Waals surface area contributed by atoms with E-state index < -0.39 is 23.7 Å². The molecular formula is C18H23O7PS. The van der Waals surface area contributed by atoms with Crippen LogP contribution in [0.3, 0.4) is 0 Å². The van der Waals surface area contributed by atoms with Crippen molar-refractivity contribution in [2.24, 2.45) is 0 Å². The minimum Gasteiger partial charge on any atom is -0.465 e. The van der Waals surface area contributed by atoms with Crippen LogP contribution in [0.1, 0.15) is 19.4 Å². The quantitative estimate of drug-likeness (QED) is 0.494. The van der Waals surface area contributed by atoms with Gasteiger partial charge in [0.15, 0.2) is 6.29 Å². The summed E-state index contributed by atoms with van der Waals surface area (Å²) in [7, 11) is -5.92. The molecule has 0 aliphatic rings. The summed E-state index contributed by atoms with van der Waals surface area (Å²) in [5.74, 6) is 0.494. The van der Waals surface area contributed by atoms with Crippen LogP contribution in [0.4, 0.5) is 0 Å². The van der Waals surface area contributed by atoms with Crippen LogP contribution in [0.15, 0.2) is 58.3 Å². The lowest BCUT2D eigenvalue weighted by Crippen LogP contribution is -2.13. The molecule has 2 atom stereocenters. The molecule has 2 aromatic carbocycles. The maximum absolute atomic E-state index is 12.7. The summed E-state index contributed by atoms with van der Waals surface area (Å²) >= 11 is 0. The lowest BCUT2D eigenvalue weighted by molar-refractivity contribution is -0.0383. The van der Waals surface area contributed by atoms with Crippen LogP contribution in [0.2, 0.25) is 0 Å². The van der Waals surface area contributed by atoms with Crippen molar-refractivity contribution in [1.82, 2.24) is 0 Å². The second kappa shape index (κ2) is 8.99. The van der Waals surface area contributed by atoms with Gasteiger partial charge in [-0.3, -0.25) is 4.57 Å². The average molecular weight is 414 g/mol. The Morgan fingerprint density at radius 3 is 2.04 bits per heavy atom. The van der Waals surface area contributed by atoms with Crippen molar-refractivity contribution in [1.29, 1.82) is 0 Å². The summed E-state index contributed by atoms with van der Waals surface area (Å²) in [6.45, 7) is 3.48. The molecule has 0 aliphatic carbocycles. The number of hydrogen-bond donors (Lipinski definition) is 1. The monoisotopic (exact) mass is 414 g/mol. The summed E-state index contributed by atoms with van der Waals surface area (Å²) in [4.78, 5) is 9.89. The minimum absolute atomic E-state index is 0.0920. The normalized spacial score (nSPS) is 15.1. The van der Waals surface area contributed by atoms with Crippen molar-refractivity contribution >= 4 is 17.4 Å². The highest BCUT2D eigenvalue weighted by molar-refractivity contribution is 7.91. The summed E-state index contributed by atoms with van der Waals surface area (Å²) in [6, 6.07) is 11.9. The van der Waals surface area contributed by atoms with E-state index in [1.165, 1.54) is 43.5 Å². The predicted molar refractivity (Wildman–Crippen MR) is 101 cm³/mol. The maximum atomic E-state index is 12.7. The zero-order valence-electron chi connectivity index (χ0n) is 15.4. The van der Waals surface area contributed by atoms with Crippen molar-refractivity contribution in [3.8, 4) is 5.75 Å². The average Bonchev–Trinajstić information content (AvgIpc) is 2.62. The van der Waals surface area contributed by atoms with E-state index in [-0.39, 0.29) is 22.6 Å². The molecule has 2 rings (SSSR count). The van der Waals surface area contributed by atoms with E-state index in [4.69, 9.17) is 14.0 Å². The van der Waals surface area contributed by atoms with Gasteiger partial charge < -0.3 is 18.9 Å². The van der Waals surface area contributed by atoms with Crippen molar-refractivity contribution in [3.63, 3.8) is 0 Å². The fourth-order valence-corrected chi connectivity index (χ4v) is 4.75. The predicted octanol–water partition coefficient (Wildman–Crippen LogP) is 3.61. The Labute approximate surface area is 159 Å². The Balaban J connectivity index is 2.18. The highest BCUT2D eigenvalue weighted by Gasteiger charge is 2.21. The van der Waals surface area contributed by atoms with E-state index in [1.54, 1.807) is 26.0 Å². The maximum Gasteiger partial charge on any atom is 0.332 e. The molecule has 2 unspecified atom stereocenters. The fourth-order valence-electron chi connectivity index (χ4n) is 2.33. The van der Waals surface area contributed by atoms with E-state index in [0.29, 0.717) is 11.3 Å². The van der Waals surface area contributed by atoms with Gasteiger partial charge in [0.1, 0.15) is 5.75 Å². The molecule has 0 bridgehead atoms.